The molecule has 1 saturated heterocycles. The number of nitrogens with zero attached hydrogens (tertiary/aromatic N) is 1. The van der Waals surface area contributed by atoms with Gasteiger partial charge in [0.2, 0.25) is 0 Å². The summed E-state index contributed by atoms with van der Waals surface area (Å²) in [5.74, 6) is 0.718. The van der Waals surface area contributed by atoms with E-state index in [1.54, 1.807) is 30.3 Å². The second-order valence-electron chi connectivity index (χ2n) is 6.50. The van der Waals surface area contributed by atoms with E-state index >= 15 is 0 Å². The van der Waals surface area contributed by atoms with Gasteiger partial charge in [-0.15, -0.1) is 0 Å². The van der Waals surface area contributed by atoms with Gasteiger partial charge in [0.15, 0.2) is 11.5 Å². The predicted octanol–water partition coefficient (Wildman–Crippen LogP) is 5.49. The molecule has 0 unspecified atom stereocenters. The van der Waals surface area contributed by atoms with Crippen molar-refractivity contribution in [3.05, 3.63) is 60.8 Å². The first-order valence-corrected chi connectivity index (χ1v) is 11.0. The van der Waals surface area contributed by atoms with Crippen LogP contribution in [0.5, 0.6) is 11.5 Å². The minimum absolute atomic E-state index is 0.230. The number of nitrogens with one attached hydrogen (secondary N) is 1. The molecule has 1 fully saturated rings. The van der Waals surface area contributed by atoms with Crippen LogP contribution >= 0.6 is 45.8 Å². The molecule has 1 aliphatic heterocycles. The standard InChI is InChI=1S/C21H19Cl2IN2O4/c1-3-6-26-20(27)17(25-21(26)28)8-12-7-16(24)19(18(9-12)29-2)30-11-13-4-5-14(22)10-15(13)23/h4-5,7-10H,3,6,11H2,1-2H3,(H,25,28)/b17-8+. The van der Waals surface area contributed by atoms with E-state index in [4.69, 9.17) is 32.7 Å². The zero-order valence-electron chi connectivity index (χ0n) is 16.3. The van der Waals surface area contributed by atoms with E-state index in [0.717, 1.165) is 9.13 Å². The molecule has 0 aliphatic carbocycles. The molecule has 2 aromatic carbocycles. The lowest BCUT2D eigenvalue weighted by Gasteiger charge is -2.14. The van der Waals surface area contributed by atoms with Gasteiger partial charge in [0.25, 0.3) is 5.91 Å². The fourth-order valence-electron chi connectivity index (χ4n) is 2.92. The Morgan fingerprint density at radius 3 is 2.63 bits per heavy atom. The number of benzene rings is 2. The first-order chi connectivity index (χ1) is 14.3. The second kappa shape index (κ2) is 9.89. The van der Waals surface area contributed by atoms with Gasteiger partial charge in [-0.1, -0.05) is 36.2 Å². The quantitative estimate of drug-likeness (QED) is 0.276. The van der Waals surface area contributed by atoms with Crippen molar-refractivity contribution in [2.45, 2.75) is 20.0 Å². The summed E-state index contributed by atoms with van der Waals surface area (Å²) in [5.41, 5.74) is 1.73. The molecule has 1 heterocycles. The molecule has 6 nitrogen and oxygen atoms in total. The van der Waals surface area contributed by atoms with Crippen LogP contribution in [-0.4, -0.2) is 30.5 Å². The Morgan fingerprint density at radius 1 is 1.20 bits per heavy atom. The molecular formula is C21H19Cl2IN2O4. The first-order valence-electron chi connectivity index (χ1n) is 9.12. The largest absolute Gasteiger partial charge is 0.493 e. The van der Waals surface area contributed by atoms with Gasteiger partial charge < -0.3 is 14.8 Å². The third-order valence-electron chi connectivity index (χ3n) is 4.36. The summed E-state index contributed by atoms with van der Waals surface area (Å²) >= 11 is 14.3. The molecule has 2 aromatic rings. The second-order valence-corrected chi connectivity index (χ2v) is 8.51. The van der Waals surface area contributed by atoms with Gasteiger partial charge in [-0.05, 0) is 64.9 Å². The number of carbonyl (C=O) groups excluding carboxylic acids is 2. The molecule has 9 heteroatoms. The lowest BCUT2D eigenvalue weighted by molar-refractivity contribution is -0.122. The maximum absolute atomic E-state index is 12.4. The number of hydrogen-bond donors (Lipinski definition) is 1. The number of hydrogen-bond acceptors (Lipinski definition) is 4. The number of imide groups is 1. The van der Waals surface area contributed by atoms with Crippen molar-refractivity contribution in [2.75, 3.05) is 13.7 Å². The molecule has 0 spiro atoms. The summed E-state index contributed by atoms with van der Waals surface area (Å²) in [6.45, 7) is 2.53. The van der Waals surface area contributed by atoms with Crippen LogP contribution < -0.4 is 14.8 Å². The summed E-state index contributed by atoms with van der Waals surface area (Å²) in [6.07, 6.45) is 2.32. The zero-order chi connectivity index (χ0) is 21.8. The number of ether oxygens (including phenoxy) is 2. The van der Waals surface area contributed by atoms with Crippen LogP contribution in [0.25, 0.3) is 6.08 Å². The summed E-state index contributed by atoms with van der Waals surface area (Å²) in [5, 5.41) is 3.69. The minimum atomic E-state index is -0.408. The van der Waals surface area contributed by atoms with Crippen molar-refractivity contribution in [3.63, 3.8) is 0 Å². The van der Waals surface area contributed by atoms with E-state index in [2.05, 4.69) is 27.9 Å². The summed E-state index contributed by atoms with van der Waals surface area (Å²) in [4.78, 5) is 25.6. The van der Waals surface area contributed by atoms with Gasteiger partial charge in [-0.25, -0.2) is 4.79 Å². The highest BCUT2D eigenvalue weighted by atomic mass is 127. The van der Waals surface area contributed by atoms with Crippen molar-refractivity contribution in [1.82, 2.24) is 10.2 Å². The fraction of sp³-hybridized carbons (Fsp3) is 0.238. The van der Waals surface area contributed by atoms with Crippen LogP contribution in [0.4, 0.5) is 4.79 Å². The summed E-state index contributed by atoms with van der Waals surface area (Å²) < 4.78 is 12.2. The molecule has 0 bridgehead atoms. The van der Waals surface area contributed by atoms with Crippen LogP contribution in [0, 0.1) is 3.57 Å². The van der Waals surface area contributed by atoms with Crippen molar-refractivity contribution >= 4 is 63.8 Å². The highest BCUT2D eigenvalue weighted by Gasteiger charge is 2.32. The highest BCUT2D eigenvalue weighted by Crippen LogP contribution is 2.36. The average molecular weight is 561 g/mol. The van der Waals surface area contributed by atoms with E-state index < -0.39 is 6.03 Å². The fourth-order valence-corrected chi connectivity index (χ4v) is 4.16. The van der Waals surface area contributed by atoms with Gasteiger partial charge in [-0.2, -0.15) is 0 Å². The van der Waals surface area contributed by atoms with Crippen molar-refractivity contribution < 1.29 is 19.1 Å². The van der Waals surface area contributed by atoms with E-state index in [1.807, 2.05) is 13.0 Å². The number of carbonyl (C=O) groups is 2. The molecule has 1 aliphatic rings. The number of halogens is 3. The van der Waals surface area contributed by atoms with Crippen LogP contribution in [0.2, 0.25) is 10.0 Å². The van der Waals surface area contributed by atoms with E-state index in [-0.39, 0.29) is 18.2 Å². The van der Waals surface area contributed by atoms with Crippen LogP contribution in [0.3, 0.4) is 0 Å². The smallest absolute Gasteiger partial charge is 0.329 e. The maximum atomic E-state index is 12.4. The molecule has 0 saturated carbocycles. The topological polar surface area (TPSA) is 67.9 Å². The van der Waals surface area contributed by atoms with Crippen LogP contribution in [0.1, 0.15) is 24.5 Å². The van der Waals surface area contributed by atoms with E-state index in [1.165, 1.54) is 12.0 Å². The Labute approximate surface area is 198 Å². The lowest BCUT2D eigenvalue weighted by Crippen LogP contribution is -2.31. The third-order valence-corrected chi connectivity index (χ3v) is 5.75. The Morgan fingerprint density at radius 2 is 1.97 bits per heavy atom. The molecule has 0 atom stereocenters. The van der Waals surface area contributed by atoms with Crippen molar-refractivity contribution in [1.29, 1.82) is 0 Å². The molecule has 1 N–H and O–H groups in total. The Hall–Kier alpha value is -1.97. The lowest BCUT2D eigenvalue weighted by atomic mass is 10.1. The average Bonchev–Trinajstić information content (AvgIpc) is 2.95. The van der Waals surface area contributed by atoms with Crippen molar-refractivity contribution in [3.8, 4) is 11.5 Å². The van der Waals surface area contributed by atoms with E-state index in [0.29, 0.717) is 40.1 Å². The van der Waals surface area contributed by atoms with Crippen molar-refractivity contribution in [2.24, 2.45) is 0 Å². The Kier molecular flexibility index (Phi) is 7.49. The Bertz CT molecular complexity index is 1030. The highest BCUT2D eigenvalue weighted by molar-refractivity contribution is 14.1. The third kappa shape index (κ3) is 5.01. The molecule has 158 valence electrons. The predicted molar refractivity (Wildman–Crippen MR) is 125 cm³/mol. The SMILES string of the molecule is CCCN1C(=O)N/C(=C/c2cc(I)c(OCc3ccc(Cl)cc3Cl)c(OC)c2)C1=O. The zero-order valence-corrected chi connectivity index (χ0v) is 20.0. The monoisotopic (exact) mass is 560 g/mol. The first kappa shape index (κ1) is 22.7. The Balaban J connectivity index is 1.84. The number of methoxy groups -OCH3 is 1. The maximum Gasteiger partial charge on any atom is 0.329 e. The van der Waals surface area contributed by atoms with Gasteiger partial charge in [-0.3, -0.25) is 9.69 Å². The number of amides is 3. The van der Waals surface area contributed by atoms with E-state index in [9.17, 15) is 9.59 Å². The number of urea groups is 1. The van der Waals surface area contributed by atoms with Gasteiger partial charge >= 0.3 is 6.03 Å². The summed E-state index contributed by atoms with van der Waals surface area (Å²) in [7, 11) is 1.54. The minimum Gasteiger partial charge on any atom is -0.493 e. The molecule has 30 heavy (non-hydrogen) atoms. The molecular weight excluding hydrogens is 542 g/mol. The normalized spacial score (nSPS) is 15.0. The molecule has 0 radical (unpaired) electrons. The molecule has 0 aromatic heterocycles. The van der Waals surface area contributed by atoms with Gasteiger partial charge in [0, 0.05) is 22.2 Å². The van der Waals surface area contributed by atoms with Crippen LogP contribution in [0.15, 0.2) is 36.0 Å². The van der Waals surface area contributed by atoms with Crippen LogP contribution in [-0.2, 0) is 11.4 Å². The molecule has 3 rings (SSSR count). The number of rotatable bonds is 7. The summed E-state index contributed by atoms with van der Waals surface area (Å²) in [6, 6.07) is 8.40. The van der Waals surface area contributed by atoms with Gasteiger partial charge in [0.05, 0.1) is 10.7 Å². The van der Waals surface area contributed by atoms with Gasteiger partial charge in [0.1, 0.15) is 12.3 Å². The molecule has 3 amide bonds.